The Balaban J connectivity index is 1.35. The van der Waals surface area contributed by atoms with Crippen LogP contribution in [0, 0.1) is 6.92 Å². The van der Waals surface area contributed by atoms with Gasteiger partial charge in [-0.3, -0.25) is 9.59 Å². The maximum absolute atomic E-state index is 13.2. The molecular formula is C23H25ClN2O3S. The van der Waals surface area contributed by atoms with E-state index in [2.05, 4.69) is 0 Å². The molecule has 0 atom stereocenters. The Morgan fingerprint density at radius 3 is 2.53 bits per heavy atom. The van der Waals surface area contributed by atoms with Crippen LogP contribution in [0.4, 0.5) is 0 Å². The average Bonchev–Trinajstić information content (AvgIpc) is 3.16. The largest absolute Gasteiger partial charge is 0.484 e. The van der Waals surface area contributed by atoms with Crippen LogP contribution in [-0.4, -0.2) is 58.5 Å². The monoisotopic (exact) mass is 444 g/mol. The van der Waals surface area contributed by atoms with Gasteiger partial charge in [0.25, 0.3) is 11.8 Å². The highest BCUT2D eigenvalue weighted by Crippen LogP contribution is 2.44. The molecular weight excluding hydrogens is 420 g/mol. The van der Waals surface area contributed by atoms with E-state index in [0.29, 0.717) is 23.9 Å². The molecule has 2 heterocycles. The van der Waals surface area contributed by atoms with Crippen molar-refractivity contribution in [3.8, 4) is 5.75 Å². The number of nitrogens with zero attached hydrogens (tertiary/aromatic N) is 2. The highest BCUT2D eigenvalue weighted by atomic mass is 35.5. The Bertz CT molecular complexity index is 926. The highest BCUT2D eigenvalue weighted by Gasteiger charge is 2.47. The summed E-state index contributed by atoms with van der Waals surface area (Å²) in [5.41, 5.74) is 1.83. The smallest absolute Gasteiger partial charge is 0.260 e. The van der Waals surface area contributed by atoms with Crippen LogP contribution < -0.4 is 4.74 Å². The molecule has 7 heteroatoms. The van der Waals surface area contributed by atoms with Crippen molar-refractivity contribution in [2.24, 2.45) is 0 Å². The molecule has 5 nitrogen and oxygen atoms in total. The van der Waals surface area contributed by atoms with Crippen molar-refractivity contribution in [2.75, 3.05) is 32.0 Å². The summed E-state index contributed by atoms with van der Waals surface area (Å²) in [5.74, 6) is 1.63. The van der Waals surface area contributed by atoms with Crippen LogP contribution in [0.2, 0.25) is 5.02 Å². The summed E-state index contributed by atoms with van der Waals surface area (Å²) in [6.45, 7) is 4.03. The third kappa shape index (κ3) is 4.44. The molecule has 1 spiro atoms. The molecule has 2 aromatic carbocycles. The lowest BCUT2D eigenvalue weighted by Crippen LogP contribution is -2.54. The predicted octanol–water partition coefficient (Wildman–Crippen LogP) is 4.24. The Labute approximate surface area is 186 Å². The van der Waals surface area contributed by atoms with E-state index in [9.17, 15) is 9.59 Å². The highest BCUT2D eigenvalue weighted by molar-refractivity contribution is 8.00. The fraction of sp³-hybridized carbons (Fsp3) is 0.391. The first-order valence-corrected chi connectivity index (χ1v) is 11.5. The van der Waals surface area contributed by atoms with E-state index >= 15 is 0 Å². The Kier molecular flexibility index (Phi) is 6.25. The van der Waals surface area contributed by atoms with Crippen LogP contribution in [-0.2, 0) is 4.79 Å². The maximum Gasteiger partial charge on any atom is 0.260 e. The third-order valence-corrected chi connectivity index (χ3v) is 7.57. The zero-order valence-corrected chi connectivity index (χ0v) is 18.5. The molecule has 30 heavy (non-hydrogen) atoms. The summed E-state index contributed by atoms with van der Waals surface area (Å²) >= 11 is 7.73. The number of aryl methyl sites for hydroxylation is 1. The first-order valence-electron chi connectivity index (χ1n) is 10.2. The molecule has 2 amide bonds. The van der Waals surface area contributed by atoms with Gasteiger partial charge in [-0.25, -0.2) is 0 Å². The van der Waals surface area contributed by atoms with E-state index in [1.54, 1.807) is 24.3 Å². The number of carbonyl (C=O) groups excluding carboxylic acids is 2. The van der Waals surface area contributed by atoms with Crippen LogP contribution in [0.25, 0.3) is 0 Å². The topological polar surface area (TPSA) is 49.9 Å². The van der Waals surface area contributed by atoms with Gasteiger partial charge in [-0.2, -0.15) is 0 Å². The fourth-order valence-electron chi connectivity index (χ4n) is 4.12. The molecule has 158 valence electrons. The lowest BCUT2D eigenvalue weighted by molar-refractivity contribution is -0.135. The van der Waals surface area contributed by atoms with Crippen molar-refractivity contribution in [1.82, 2.24) is 9.80 Å². The number of benzene rings is 2. The predicted molar refractivity (Wildman–Crippen MR) is 120 cm³/mol. The van der Waals surface area contributed by atoms with Crippen molar-refractivity contribution in [3.63, 3.8) is 0 Å². The van der Waals surface area contributed by atoms with Crippen LogP contribution in [0.3, 0.4) is 0 Å². The van der Waals surface area contributed by atoms with Crippen LogP contribution in [0.1, 0.15) is 28.8 Å². The van der Waals surface area contributed by atoms with Crippen LogP contribution in [0.5, 0.6) is 5.75 Å². The zero-order chi connectivity index (χ0) is 21.1. The molecule has 2 aromatic rings. The summed E-state index contributed by atoms with van der Waals surface area (Å²) in [7, 11) is 0. The van der Waals surface area contributed by atoms with E-state index < -0.39 is 0 Å². The minimum absolute atomic E-state index is 0.00765. The number of amides is 2. The number of ether oxygens (including phenoxy) is 1. The lowest BCUT2D eigenvalue weighted by atomic mass is 10.0. The second kappa shape index (κ2) is 8.90. The molecule has 0 unspecified atom stereocenters. The van der Waals surface area contributed by atoms with Gasteiger partial charge in [-0.15, -0.1) is 11.8 Å². The van der Waals surface area contributed by atoms with E-state index in [-0.39, 0.29) is 23.3 Å². The average molecular weight is 445 g/mol. The van der Waals surface area contributed by atoms with Crippen LogP contribution in [0.15, 0.2) is 48.5 Å². The van der Waals surface area contributed by atoms with E-state index in [0.717, 1.165) is 36.3 Å². The maximum atomic E-state index is 13.2. The molecule has 4 rings (SSSR count). The number of hydrogen-bond acceptors (Lipinski definition) is 4. The van der Waals surface area contributed by atoms with Gasteiger partial charge in [0, 0.05) is 36.0 Å². The van der Waals surface area contributed by atoms with Gasteiger partial charge in [0.1, 0.15) is 5.75 Å². The van der Waals surface area contributed by atoms with E-state index in [1.165, 1.54) is 0 Å². The van der Waals surface area contributed by atoms with Crippen molar-refractivity contribution < 1.29 is 14.3 Å². The SMILES string of the molecule is Cc1cccc(C(=O)N2CCSC23CCN(C(=O)COc2ccc(Cl)cc2)CC3)c1. The molecule has 0 aromatic heterocycles. The fourth-order valence-corrected chi connectivity index (χ4v) is 5.70. The van der Waals surface area contributed by atoms with Gasteiger partial charge in [0.05, 0.1) is 4.87 Å². The Morgan fingerprint density at radius 1 is 1.10 bits per heavy atom. The number of carbonyl (C=O) groups is 2. The summed E-state index contributed by atoms with van der Waals surface area (Å²) in [6, 6.07) is 14.8. The van der Waals surface area contributed by atoms with Gasteiger partial charge < -0.3 is 14.5 Å². The molecule has 2 aliphatic rings. The number of halogens is 1. The van der Waals surface area contributed by atoms with E-state index in [1.807, 2.05) is 52.8 Å². The molecule has 2 aliphatic heterocycles. The van der Waals surface area contributed by atoms with E-state index in [4.69, 9.17) is 16.3 Å². The van der Waals surface area contributed by atoms with Gasteiger partial charge >= 0.3 is 0 Å². The van der Waals surface area contributed by atoms with Crippen LogP contribution >= 0.6 is 23.4 Å². The molecule has 0 aliphatic carbocycles. The normalized spacial score (nSPS) is 17.9. The van der Waals surface area contributed by atoms with Crippen molar-refractivity contribution in [1.29, 1.82) is 0 Å². The molecule has 2 saturated heterocycles. The standard InChI is InChI=1S/C23H25ClN2O3S/c1-17-3-2-4-18(15-17)22(28)26-13-14-30-23(26)9-11-25(12-10-23)21(27)16-29-20-7-5-19(24)6-8-20/h2-8,15H,9-14,16H2,1H3. The zero-order valence-electron chi connectivity index (χ0n) is 17.0. The minimum atomic E-state index is -0.214. The number of thioether (sulfide) groups is 1. The molecule has 0 N–H and O–H groups in total. The first-order chi connectivity index (χ1) is 14.5. The summed E-state index contributed by atoms with van der Waals surface area (Å²) < 4.78 is 5.60. The van der Waals surface area contributed by atoms with Crippen molar-refractivity contribution in [2.45, 2.75) is 24.6 Å². The van der Waals surface area contributed by atoms with Crippen molar-refractivity contribution in [3.05, 3.63) is 64.7 Å². The van der Waals surface area contributed by atoms with Gasteiger partial charge in [0.15, 0.2) is 6.61 Å². The quantitative estimate of drug-likeness (QED) is 0.707. The Morgan fingerprint density at radius 2 is 1.83 bits per heavy atom. The Hall–Kier alpha value is -2.18. The molecule has 0 bridgehead atoms. The lowest BCUT2D eigenvalue weighted by Gasteiger charge is -2.44. The van der Waals surface area contributed by atoms with Gasteiger partial charge in [0.2, 0.25) is 0 Å². The summed E-state index contributed by atoms with van der Waals surface area (Å²) in [6.07, 6.45) is 1.56. The van der Waals surface area contributed by atoms with Gasteiger partial charge in [-0.1, -0.05) is 29.3 Å². The minimum Gasteiger partial charge on any atom is -0.484 e. The summed E-state index contributed by atoms with van der Waals surface area (Å²) in [5, 5.41) is 0.633. The number of rotatable bonds is 4. The van der Waals surface area contributed by atoms with Crippen molar-refractivity contribution >= 4 is 35.2 Å². The first kappa shape index (κ1) is 21.1. The molecule has 2 fully saturated rings. The second-order valence-electron chi connectivity index (χ2n) is 7.74. The molecule has 0 radical (unpaired) electrons. The number of piperidine rings is 1. The second-order valence-corrected chi connectivity index (χ2v) is 9.64. The summed E-state index contributed by atoms with van der Waals surface area (Å²) in [4.78, 5) is 29.4. The third-order valence-electron chi connectivity index (χ3n) is 5.76. The molecule has 0 saturated carbocycles. The number of likely N-dealkylation sites (tertiary alicyclic amines) is 1. The van der Waals surface area contributed by atoms with Gasteiger partial charge in [-0.05, 0) is 56.2 Å². The number of hydrogen-bond donors (Lipinski definition) is 0.